The molecule has 1 aliphatic rings. The first kappa shape index (κ1) is 15.6. The summed E-state index contributed by atoms with van der Waals surface area (Å²) in [6.07, 6.45) is 1.09. The molecule has 0 unspecified atom stereocenters. The van der Waals surface area contributed by atoms with Crippen LogP contribution in [0, 0.1) is 6.92 Å². The van der Waals surface area contributed by atoms with Gasteiger partial charge in [-0.25, -0.2) is 4.79 Å². The Labute approximate surface area is 137 Å². The molecule has 2 amide bonds. The van der Waals surface area contributed by atoms with Gasteiger partial charge in [-0.1, -0.05) is 36.4 Å². The van der Waals surface area contributed by atoms with E-state index < -0.39 is 0 Å². The zero-order chi connectivity index (χ0) is 16.1. The minimum Gasteiger partial charge on any atom is -0.337 e. The molecule has 1 heterocycles. The summed E-state index contributed by atoms with van der Waals surface area (Å²) in [5.41, 5.74) is 4.82. The van der Waals surface area contributed by atoms with Gasteiger partial charge < -0.3 is 10.6 Å². The van der Waals surface area contributed by atoms with E-state index in [1.165, 1.54) is 11.1 Å². The zero-order valence-electron chi connectivity index (χ0n) is 13.5. The molecule has 0 bridgehead atoms. The average molecular weight is 309 g/mol. The number of nitrogens with zero attached hydrogens (tertiary/aromatic N) is 1. The molecule has 0 fully saturated rings. The van der Waals surface area contributed by atoms with Crippen molar-refractivity contribution < 1.29 is 4.79 Å². The molecular formula is C19H23N3O. The highest BCUT2D eigenvalue weighted by Gasteiger charge is 2.15. The van der Waals surface area contributed by atoms with Crippen molar-refractivity contribution in [1.82, 2.24) is 10.2 Å². The number of urea groups is 1. The Morgan fingerprint density at radius 2 is 1.96 bits per heavy atom. The molecule has 0 saturated heterocycles. The van der Waals surface area contributed by atoms with Gasteiger partial charge in [0.15, 0.2) is 0 Å². The number of aryl methyl sites for hydroxylation is 1. The molecule has 0 saturated carbocycles. The number of anilines is 1. The monoisotopic (exact) mass is 309 g/mol. The van der Waals surface area contributed by atoms with Crippen molar-refractivity contribution in [3.63, 3.8) is 0 Å². The van der Waals surface area contributed by atoms with Crippen molar-refractivity contribution in [2.45, 2.75) is 19.9 Å². The van der Waals surface area contributed by atoms with E-state index in [9.17, 15) is 4.79 Å². The van der Waals surface area contributed by atoms with Gasteiger partial charge in [-0.15, -0.1) is 0 Å². The molecule has 0 aliphatic carbocycles. The van der Waals surface area contributed by atoms with Gasteiger partial charge in [0.1, 0.15) is 0 Å². The zero-order valence-corrected chi connectivity index (χ0v) is 13.5. The third-order valence-corrected chi connectivity index (χ3v) is 4.20. The molecule has 0 spiro atoms. The fourth-order valence-corrected chi connectivity index (χ4v) is 2.97. The van der Waals surface area contributed by atoms with Crippen LogP contribution >= 0.6 is 0 Å². The third-order valence-electron chi connectivity index (χ3n) is 4.20. The molecule has 2 aromatic rings. The Morgan fingerprint density at radius 1 is 1.13 bits per heavy atom. The first-order valence-electron chi connectivity index (χ1n) is 8.11. The van der Waals surface area contributed by atoms with E-state index >= 15 is 0 Å². The van der Waals surface area contributed by atoms with Gasteiger partial charge in [0.25, 0.3) is 0 Å². The molecule has 0 radical (unpaired) electrons. The smallest absolute Gasteiger partial charge is 0.319 e. The van der Waals surface area contributed by atoms with Crippen molar-refractivity contribution in [2.24, 2.45) is 0 Å². The van der Waals surface area contributed by atoms with E-state index in [4.69, 9.17) is 0 Å². The lowest BCUT2D eigenvalue weighted by molar-refractivity contribution is 0.239. The highest BCUT2D eigenvalue weighted by atomic mass is 16.2. The Hall–Kier alpha value is -2.33. The van der Waals surface area contributed by atoms with Crippen molar-refractivity contribution in [3.8, 4) is 0 Å². The van der Waals surface area contributed by atoms with Gasteiger partial charge in [0.05, 0.1) is 0 Å². The average Bonchev–Trinajstić information content (AvgIpc) is 2.55. The van der Waals surface area contributed by atoms with Crippen molar-refractivity contribution in [2.75, 3.05) is 25.0 Å². The number of benzene rings is 2. The number of hydrogen-bond donors (Lipinski definition) is 2. The SMILES string of the molecule is Cc1cccc(NC(=O)NCCN2CCc3ccccc3C2)c1. The molecular weight excluding hydrogens is 286 g/mol. The molecule has 2 N–H and O–H groups in total. The minimum atomic E-state index is -0.145. The Balaban J connectivity index is 1.42. The number of hydrogen-bond acceptors (Lipinski definition) is 2. The third kappa shape index (κ3) is 4.33. The maximum atomic E-state index is 11.9. The van der Waals surface area contributed by atoms with Crippen molar-refractivity contribution in [3.05, 3.63) is 65.2 Å². The van der Waals surface area contributed by atoms with Crippen LogP contribution in [0.5, 0.6) is 0 Å². The van der Waals surface area contributed by atoms with Crippen LogP contribution in [0.25, 0.3) is 0 Å². The summed E-state index contributed by atoms with van der Waals surface area (Å²) in [7, 11) is 0. The highest BCUT2D eigenvalue weighted by molar-refractivity contribution is 5.89. The lowest BCUT2D eigenvalue weighted by atomic mass is 10.00. The number of carbonyl (C=O) groups is 1. The number of fused-ring (bicyclic) bond motifs is 1. The molecule has 4 heteroatoms. The second-order valence-electron chi connectivity index (χ2n) is 6.05. The van der Waals surface area contributed by atoms with Crippen LogP contribution < -0.4 is 10.6 Å². The normalized spacial score (nSPS) is 14.1. The fourth-order valence-electron chi connectivity index (χ4n) is 2.97. The van der Waals surface area contributed by atoms with Gasteiger partial charge >= 0.3 is 6.03 Å². The summed E-state index contributed by atoms with van der Waals surface area (Å²) in [5.74, 6) is 0. The number of amides is 2. The molecule has 120 valence electrons. The number of nitrogens with one attached hydrogen (secondary N) is 2. The van der Waals surface area contributed by atoms with E-state index in [2.05, 4.69) is 39.8 Å². The lowest BCUT2D eigenvalue weighted by Crippen LogP contribution is -2.39. The summed E-state index contributed by atoms with van der Waals surface area (Å²) < 4.78 is 0. The topological polar surface area (TPSA) is 44.4 Å². The highest BCUT2D eigenvalue weighted by Crippen LogP contribution is 2.17. The Kier molecular flexibility index (Phi) is 4.93. The van der Waals surface area contributed by atoms with Gasteiger partial charge in [-0.2, -0.15) is 0 Å². The molecule has 23 heavy (non-hydrogen) atoms. The maximum Gasteiger partial charge on any atom is 0.319 e. The molecule has 0 aromatic heterocycles. The fraction of sp³-hybridized carbons (Fsp3) is 0.316. The first-order chi connectivity index (χ1) is 11.2. The van der Waals surface area contributed by atoms with E-state index in [-0.39, 0.29) is 6.03 Å². The maximum absolute atomic E-state index is 11.9. The molecule has 3 rings (SSSR count). The van der Waals surface area contributed by atoms with Gasteiger partial charge in [0.2, 0.25) is 0 Å². The number of rotatable bonds is 4. The van der Waals surface area contributed by atoms with Gasteiger partial charge in [-0.05, 0) is 42.2 Å². The van der Waals surface area contributed by atoms with Crippen LogP contribution in [-0.4, -0.2) is 30.6 Å². The van der Waals surface area contributed by atoms with Gasteiger partial charge in [-0.3, -0.25) is 4.90 Å². The standard InChI is InChI=1S/C19H23N3O/c1-15-5-4-8-18(13-15)21-19(23)20-10-12-22-11-9-16-6-2-3-7-17(16)14-22/h2-8,13H,9-12,14H2,1H3,(H2,20,21,23). The van der Waals surface area contributed by atoms with E-state index in [1.807, 2.05) is 31.2 Å². The van der Waals surface area contributed by atoms with Crippen LogP contribution in [0.3, 0.4) is 0 Å². The largest absolute Gasteiger partial charge is 0.337 e. The van der Waals surface area contributed by atoms with E-state index in [0.717, 1.165) is 37.3 Å². The van der Waals surface area contributed by atoms with Crippen LogP contribution in [-0.2, 0) is 13.0 Å². The van der Waals surface area contributed by atoms with Crippen LogP contribution in [0.15, 0.2) is 48.5 Å². The second kappa shape index (κ2) is 7.29. The van der Waals surface area contributed by atoms with E-state index in [0.29, 0.717) is 6.54 Å². The van der Waals surface area contributed by atoms with Crippen LogP contribution in [0.4, 0.5) is 10.5 Å². The summed E-state index contributed by atoms with van der Waals surface area (Å²) >= 11 is 0. The quantitative estimate of drug-likeness (QED) is 0.911. The summed E-state index contributed by atoms with van der Waals surface area (Å²) in [6.45, 7) is 5.56. The predicted molar refractivity (Wildman–Crippen MR) is 93.6 cm³/mol. The Morgan fingerprint density at radius 3 is 2.78 bits per heavy atom. The van der Waals surface area contributed by atoms with Crippen molar-refractivity contribution in [1.29, 1.82) is 0 Å². The predicted octanol–water partition coefficient (Wildman–Crippen LogP) is 3.17. The van der Waals surface area contributed by atoms with Gasteiger partial charge in [0, 0.05) is 31.9 Å². The summed E-state index contributed by atoms with van der Waals surface area (Å²) in [6, 6.07) is 16.3. The van der Waals surface area contributed by atoms with E-state index in [1.54, 1.807) is 0 Å². The molecule has 2 aromatic carbocycles. The lowest BCUT2D eigenvalue weighted by Gasteiger charge is -2.28. The number of carbonyl (C=O) groups excluding carboxylic acids is 1. The van der Waals surface area contributed by atoms with Crippen LogP contribution in [0.2, 0.25) is 0 Å². The first-order valence-corrected chi connectivity index (χ1v) is 8.11. The molecule has 0 atom stereocenters. The summed E-state index contributed by atoms with van der Waals surface area (Å²) in [5, 5.41) is 5.80. The second-order valence-corrected chi connectivity index (χ2v) is 6.05. The Bertz CT molecular complexity index is 684. The minimum absolute atomic E-state index is 0.145. The molecule has 1 aliphatic heterocycles. The summed E-state index contributed by atoms with van der Waals surface area (Å²) in [4.78, 5) is 14.3. The van der Waals surface area contributed by atoms with Crippen LogP contribution in [0.1, 0.15) is 16.7 Å². The molecule has 4 nitrogen and oxygen atoms in total. The van der Waals surface area contributed by atoms with Crippen molar-refractivity contribution >= 4 is 11.7 Å².